The van der Waals surface area contributed by atoms with E-state index in [2.05, 4.69) is 30.9 Å². The Labute approximate surface area is 103 Å². The first-order chi connectivity index (χ1) is 8.20. The van der Waals surface area contributed by atoms with Crippen LogP contribution in [0, 0.1) is 18.3 Å². The summed E-state index contributed by atoms with van der Waals surface area (Å²) in [6.07, 6.45) is 1.24. The molecule has 0 saturated carbocycles. The first-order valence-electron chi connectivity index (χ1n) is 6.08. The van der Waals surface area contributed by atoms with Crippen LogP contribution in [0.5, 0.6) is 0 Å². The number of hydrogen-bond acceptors (Lipinski definition) is 3. The van der Waals surface area contributed by atoms with Gasteiger partial charge in [-0.3, -0.25) is 0 Å². The van der Waals surface area contributed by atoms with Gasteiger partial charge >= 0.3 is 0 Å². The van der Waals surface area contributed by atoms with Crippen LogP contribution < -0.4 is 4.90 Å². The summed E-state index contributed by atoms with van der Waals surface area (Å²) >= 11 is 0. The molecule has 3 nitrogen and oxygen atoms in total. The maximum atomic E-state index is 9.17. The van der Waals surface area contributed by atoms with Crippen LogP contribution in [0.15, 0.2) is 18.2 Å². The zero-order chi connectivity index (χ0) is 12.3. The van der Waals surface area contributed by atoms with Crippen LogP contribution in [0.2, 0.25) is 0 Å². The molecule has 17 heavy (non-hydrogen) atoms. The number of aryl methyl sites for hydroxylation is 1. The normalized spacial score (nSPS) is 20.8. The van der Waals surface area contributed by atoms with Gasteiger partial charge in [-0.05, 0) is 38.0 Å². The Balaban J connectivity index is 2.31. The Morgan fingerprint density at radius 3 is 3.06 bits per heavy atom. The van der Waals surface area contributed by atoms with Crippen LogP contribution in [-0.2, 0) is 4.74 Å². The first-order valence-corrected chi connectivity index (χ1v) is 6.08. The van der Waals surface area contributed by atoms with Crippen molar-refractivity contribution in [3.8, 4) is 6.07 Å². The molecule has 1 heterocycles. The van der Waals surface area contributed by atoms with Crippen molar-refractivity contribution in [1.29, 1.82) is 5.26 Å². The lowest BCUT2D eigenvalue weighted by molar-refractivity contribution is 0.0821. The molecule has 0 amide bonds. The van der Waals surface area contributed by atoms with Gasteiger partial charge in [-0.2, -0.15) is 5.26 Å². The molecule has 1 fully saturated rings. The maximum Gasteiger partial charge on any atom is 0.101 e. The molecule has 1 unspecified atom stereocenters. The summed E-state index contributed by atoms with van der Waals surface area (Å²) in [7, 11) is 0. The fraction of sp³-hybridized carbons (Fsp3) is 0.500. The molecule has 90 valence electrons. The van der Waals surface area contributed by atoms with Crippen molar-refractivity contribution in [3.05, 3.63) is 29.3 Å². The first kappa shape index (κ1) is 11.9. The highest BCUT2D eigenvalue weighted by Gasteiger charge is 2.17. The van der Waals surface area contributed by atoms with Crippen molar-refractivity contribution in [2.75, 3.05) is 24.6 Å². The highest BCUT2D eigenvalue weighted by atomic mass is 16.5. The summed E-state index contributed by atoms with van der Waals surface area (Å²) in [6, 6.07) is 8.26. The topological polar surface area (TPSA) is 36.3 Å². The van der Waals surface area contributed by atoms with Gasteiger partial charge in [-0.25, -0.2) is 0 Å². The zero-order valence-corrected chi connectivity index (χ0v) is 10.4. The molecule has 0 bridgehead atoms. The van der Waals surface area contributed by atoms with Crippen LogP contribution in [0.1, 0.15) is 24.5 Å². The van der Waals surface area contributed by atoms with Crippen molar-refractivity contribution >= 4 is 5.69 Å². The standard InChI is InChI=1S/C14H18N2O/c1-11-4-5-13(9-15)14(8-11)16-6-3-7-17-12(2)10-16/h4-5,8,12H,3,6-7,10H2,1-2H3. The van der Waals surface area contributed by atoms with Gasteiger partial charge in [-0.1, -0.05) is 6.07 Å². The Kier molecular flexibility index (Phi) is 3.65. The lowest BCUT2D eigenvalue weighted by atomic mass is 10.1. The van der Waals surface area contributed by atoms with Crippen molar-refractivity contribution in [2.24, 2.45) is 0 Å². The molecule has 1 saturated heterocycles. The number of ether oxygens (including phenoxy) is 1. The fourth-order valence-corrected chi connectivity index (χ4v) is 2.21. The number of rotatable bonds is 1. The number of benzene rings is 1. The Bertz CT molecular complexity index is 436. The third kappa shape index (κ3) is 2.78. The molecule has 0 spiro atoms. The predicted octanol–water partition coefficient (Wildman–Crippen LogP) is 2.48. The quantitative estimate of drug-likeness (QED) is 0.743. The summed E-state index contributed by atoms with van der Waals surface area (Å²) in [5.41, 5.74) is 2.99. The van der Waals surface area contributed by atoms with E-state index in [9.17, 15) is 0 Å². The second kappa shape index (κ2) is 5.20. The van der Waals surface area contributed by atoms with Gasteiger partial charge in [0.1, 0.15) is 6.07 Å². The van der Waals surface area contributed by atoms with Crippen LogP contribution in [0.4, 0.5) is 5.69 Å². The van der Waals surface area contributed by atoms with Crippen molar-refractivity contribution in [1.82, 2.24) is 0 Å². The molecule has 1 aliphatic rings. The Morgan fingerprint density at radius 1 is 1.47 bits per heavy atom. The van der Waals surface area contributed by atoms with Crippen molar-refractivity contribution < 1.29 is 4.74 Å². The summed E-state index contributed by atoms with van der Waals surface area (Å²) in [5.74, 6) is 0. The molecule has 1 aromatic rings. The predicted molar refractivity (Wildman–Crippen MR) is 68.1 cm³/mol. The molecular formula is C14H18N2O. The third-order valence-corrected chi connectivity index (χ3v) is 3.07. The summed E-state index contributed by atoms with van der Waals surface area (Å²) in [6.45, 7) is 6.77. The van der Waals surface area contributed by atoms with E-state index >= 15 is 0 Å². The smallest absolute Gasteiger partial charge is 0.101 e. The Hall–Kier alpha value is -1.53. The number of hydrogen-bond donors (Lipinski definition) is 0. The van der Waals surface area contributed by atoms with E-state index in [1.54, 1.807) is 0 Å². The van der Waals surface area contributed by atoms with Gasteiger partial charge < -0.3 is 9.64 Å². The molecule has 0 radical (unpaired) electrons. The third-order valence-electron chi connectivity index (χ3n) is 3.07. The second-order valence-electron chi connectivity index (χ2n) is 4.61. The molecular weight excluding hydrogens is 212 g/mol. The molecule has 0 aromatic heterocycles. The van der Waals surface area contributed by atoms with Crippen LogP contribution in [0.3, 0.4) is 0 Å². The summed E-state index contributed by atoms with van der Waals surface area (Å²) < 4.78 is 5.63. The minimum atomic E-state index is 0.226. The Morgan fingerprint density at radius 2 is 2.29 bits per heavy atom. The van der Waals surface area contributed by atoms with Gasteiger partial charge in [0, 0.05) is 19.7 Å². The van der Waals surface area contributed by atoms with E-state index in [0.717, 1.165) is 37.4 Å². The van der Waals surface area contributed by atoms with E-state index in [4.69, 9.17) is 10.00 Å². The molecule has 1 aromatic carbocycles. The lowest BCUT2D eigenvalue weighted by Gasteiger charge is -2.25. The number of nitriles is 1. The highest BCUT2D eigenvalue weighted by molar-refractivity contribution is 5.60. The molecule has 1 aliphatic heterocycles. The largest absolute Gasteiger partial charge is 0.377 e. The van der Waals surface area contributed by atoms with Gasteiger partial charge in [0.2, 0.25) is 0 Å². The molecule has 1 atom stereocenters. The van der Waals surface area contributed by atoms with E-state index in [1.807, 2.05) is 12.1 Å². The minimum Gasteiger partial charge on any atom is -0.377 e. The zero-order valence-electron chi connectivity index (χ0n) is 10.4. The average molecular weight is 230 g/mol. The highest BCUT2D eigenvalue weighted by Crippen LogP contribution is 2.23. The second-order valence-corrected chi connectivity index (χ2v) is 4.61. The van der Waals surface area contributed by atoms with E-state index < -0.39 is 0 Å². The monoisotopic (exact) mass is 230 g/mol. The van der Waals surface area contributed by atoms with E-state index in [1.165, 1.54) is 5.56 Å². The number of nitrogens with zero attached hydrogens (tertiary/aromatic N) is 2. The minimum absolute atomic E-state index is 0.226. The molecule has 0 N–H and O–H groups in total. The average Bonchev–Trinajstić information content (AvgIpc) is 2.54. The fourth-order valence-electron chi connectivity index (χ4n) is 2.21. The maximum absolute atomic E-state index is 9.17. The van der Waals surface area contributed by atoms with Gasteiger partial charge in [0.15, 0.2) is 0 Å². The lowest BCUT2D eigenvalue weighted by Crippen LogP contribution is -2.30. The van der Waals surface area contributed by atoms with Crippen molar-refractivity contribution in [2.45, 2.75) is 26.4 Å². The SMILES string of the molecule is Cc1ccc(C#N)c(N2CCCOC(C)C2)c1. The van der Waals surface area contributed by atoms with E-state index in [-0.39, 0.29) is 6.10 Å². The number of anilines is 1. The summed E-state index contributed by atoms with van der Waals surface area (Å²) in [5, 5.41) is 9.17. The van der Waals surface area contributed by atoms with Crippen LogP contribution >= 0.6 is 0 Å². The van der Waals surface area contributed by atoms with Gasteiger partial charge in [0.25, 0.3) is 0 Å². The summed E-state index contributed by atoms with van der Waals surface area (Å²) in [4.78, 5) is 2.27. The molecule has 2 rings (SSSR count). The van der Waals surface area contributed by atoms with Gasteiger partial charge in [0.05, 0.1) is 17.4 Å². The molecule has 3 heteroatoms. The van der Waals surface area contributed by atoms with Gasteiger partial charge in [-0.15, -0.1) is 0 Å². The van der Waals surface area contributed by atoms with Crippen LogP contribution in [-0.4, -0.2) is 25.8 Å². The van der Waals surface area contributed by atoms with Crippen LogP contribution in [0.25, 0.3) is 0 Å². The van der Waals surface area contributed by atoms with Crippen molar-refractivity contribution in [3.63, 3.8) is 0 Å². The molecule has 0 aliphatic carbocycles. The van der Waals surface area contributed by atoms with E-state index in [0.29, 0.717) is 0 Å².